The van der Waals surface area contributed by atoms with Gasteiger partial charge in [0, 0.05) is 4.88 Å². The standard InChI is InChI=1S/C16H20N2O4S2/c1-4-12-10-15(23-11(12)3)16(19)17-18-24(20,21)14-8-6-13(7-9-14)22-5-2/h6-10,18H,4-5H2,1-3H3,(H,17,19). The number of nitrogens with one attached hydrogen (secondary N) is 2. The van der Waals surface area contributed by atoms with Crippen molar-refractivity contribution in [3.63, 3.8) is 0 Å². The highest BCUT2D eigenvalue weighted by Crippen LogP contribution is 2.22. The van der Waals surface area contributed by atoms with E-state index in [-0.39, 0.29) is 4.90 Å². The van der Waals surface area contributed by atoms with Gasteiger partial charge in [-0.1, -0.05) is 6.92 Å². The van der Waals surface area contributed by atoms with Gasteiger partial charge in [0.15, 0.2) is 0 Å². The molecule has 1 amide bonds. The van der Waals surface area contributed by atoms with Gasteiger partial charge in [0.25, 0.3) is 15.9 Å². The quantitative estimate of drug-likeness (QED) is 0.736. The van der Waals surface area contributed by atoms with Gasteiger partial charge >= 0.3 is 0 Å². The number of thiophene rings is 1. The molecule has 0 aliphatic carbocycles. The van der Waals surface area contributed by atoms with Crippen molar-refractivity contribution in [2.24, 2.45) is 0 Å². The molecule has 0 aliphatic heterocycles. The highest BCUT2D eigenvalue weighted by Gasteiger charge is 2.17. The SMILES string of the molecule is CCOc1ccc(S(=O)(=O)NNC(=O)c2cc(CC)c(C)s2)cc1. The van der Waals surface area contributed by atoms with Gasteiger partial charge in [0.05, 0.1) is 16.4 Å². The van der Waals surface area contributed by atoms with Crippen LogP contribution in [-0.4, -0.2) is 20.9 Å². The zero-order chi connectivity index (χ0) is 17.7. The van der Waals surface area contributed by atoms with Gasteiger partial charge in [-0.25, -0.2) is 8.42 Å². The highest BCUT2D eigenvalue weighted by atomic mass is 32.2. The van der Waals surface area contributed by atoms with Crippen LogP contribution < -0.4 is 15.0 Å². The molecule has 2 aromatic rings. The van der Waals surface area contributed by atoms with E-state index in [0.717, 1.165) is 16.9 Å². The second-order valence-electron chi connectivity index (χ2n) is 5.01. The molecule has 6 nitrogen and oxygen atoms in total. The molecule has 24 heavy (non-hydrogen) atoms. The first kappa shape index (κ1) is 18.4. The third-order valence-electron chi connectivity index (χ3n) is 3.37. The van der Waals surface area contributed by atoms with Gasteiger partial charge in [-0.3, -0.25) is 10.2 Å². The number of hydrogen-bond donors (Lipinski definition) is 2. The number of sulfonamides is 1. The maximum atomic E-state index is 12.2. The first-order chi connectivity index (χ1) is 11.4. The van der Waals surface area contributed by atoms with Gasteiger partial charge < -0.3 is 4.74 Å². The first-order valence-corrected chi connectivity index (χ1v) is 9.81. The zero-order valence-corrected chi connectivity index (χ0v) is 15.4. The van der Waals surface area contributed by atoms with E-state index in [9.17, 15) is 13.2 Å². The summed E-state index contributed by atoms with van der Waals surface area (Å²) < 4.78 is 29.7. The van der Waals surface area contributed by atoms with Crippen molar-refractivity contribution in [1.29, 1.82) is 0 Å². The normalized spacial score (nSPS) is 11.3. The molecular weight excluding hydrogens is 348 g/mol. The van der Waals surface area contributed by atoms with Crippen LogP contribution in [0.5, 0.6) is 5.75 Å². The number of carbonyl (C=O) groups excluding carboxylic acids is 1. The first-order valence-electron chi connectivity index (χ1n) is 7.51. The maximum absolute atomic E-state index is 12.2. The number of aryl methyl sites for hydroxylation is 2. The second-order valence-corrected chi connectivity index (χ2v) is 7.95. The van der Waals surface area contributed by atoms with E-state index < -0.39 is 15.9 Å². The smallest absolute Gasteiger partial charge is 0.276 e. The van der Waals surface area contributed by atoms with Crippen LogP contribution >= 0.6 is 11.3 Å². The topological polar surface area (TPSA) is 84.5 Å². The zero-order valence-electron chi connectivity index (χ0n) is 13.8. The van der Waals surface area contributed by atoms with Crippen LogP contribution in [0.1, 0.15) is 34.0 Å². The summed E-state index contributed by atoms with van der Waals surface area (Å²) >= 11 is 1.34. The van der Waals surface area contributed by atoms with E-state index >= 15 is 0 Å². The summed E-state index contributed by atoms with van der Waals surface area (Å²) in [6, 6.07) is 7.75. The minimum atomic E-state index is -3.84. The molecule has 0 bridgehead atoms. The summed E-state index contributed by atoms with van der Waals surface area (Å²) in [5.74, 6) is 0.110. The third kappa shape index (κ3) is 4.34. The Labute approximate surface area is 145 Å². The third-order valence-corrected chi connectivity index (χ3v) is 5.72. The Morgan fingerprint density at radius 3 is 2.42 bits per heavy atom. The number of benzene rings is 1. The maximum Gasteiger partial charge on any atom is 0.276 e. The Morgan fingerprint density at radius 2 is 1.88 bits per heavy atom. The molecule has 0 fully saturated rings. The molecule has 2 N–H and O–H groups in total. The Hall–Kier alpha value is -1.90. The lowest BCUT2D eigenvalue weighted by Crippen LogP contribution is -2.41. The van der Waals surface area contributed by atoms with Gasteiger partial charge in [-0.05, 0) is 56.2 Å². The molecule has 1 heterocycles. The molecular formula is C16H20N2O4S2. The van der Waals surface area contributed by atoms with Gasteiger partial charge in [0.2, 0.25) is 0 Å². The molecule has 0 aliphatic rings. The van der Waals surface area contributed by atoms with Crippen molar-refractivity contribution in [1.82, 2.24) is 10.3 Å². The highest BCUT2D eigenvalue weighted by molar-refractivity contribution is 7.89. The van der Waals surface area contributed by atoms with Crippen molar-refractivity contribution < 1.29 is 17.9 Å². The lowest BCUT2D eigenvalue weighted by atomic mass is 10.2. The number of rotatable bonds is 7. The second kappa shape index (κ2) is 7.78. The monoisotopic (exact) mass is 368 g/mol. The Bertz CT molecular complexity index is 811. The summed E-state index contributed by atoms with van der Waals surface area (Å²) in [6.07, 6.45) is 0.827. The van der Waals surface area contributed by atoms with Crippen LogP contribution in [-0.2, 0) is 16.4 Å². The predicted octanol–water partition coefficient (Wildman–Crippen LogP) is 2.64. The van der Waals surface area contributed by atoms with Crippen LogP contribution in [0.2, 0.25) is 0 Å². The van der Waals surface area contributed by atoms with Crippen molar-refractivity contribution in [2.75, 3.05) is 6.61 Å². The van der Waals surface area contributed by atoms with Crippen LogP contribution in [0.15, 0.2) is 35.2 Å². The number of carbonyl (C=O) groups is 1. The lowest BCUT2D eigenvalue weighted by molar-refractivity contribution is 0.0949. The summed E-state index contributed by atoms with van der Waals surface area (Å²) in [5, 5.41) is 0. The molecule has 0 unspecified atom stereocenters. The molecule has 2 rings (SSSR count). The summed E-state index contributed by atoms with van der Waals surface area (Å²) in [6.45, 7) is 6.29. The fraction of sp³-hybridized carbons (Fsp3) is 0.312. The van der Waals surface area contributed by atoms with Crippen molar-refractivity contribution >= 4 is 27.3 Å². The largest absolute Gasteiger partial charge is 0.494 e. The average molecular weight is 368 g/mol. The summed E-state index contributed by atoms with van der Waals surface area (Å²) in [7, 11) is -3.84. The summed E-state index contributed by atoms with van der Waals surface area (Å²) in [5.41, 5.74) is 3.33. The van der Waals surface area contributed by atoms with Crippen LogP contribution in [0.3, 0.4) is 0 Å². The molecule has 0 radical (unpaired) electrons. The molecule has 0 saturated carbocycles. The van der Waals surface area contributed by atoms with Crippen molar-refractivity contribution in [2.45, 2.75) is 32.1 Å². The number of amides is 1. The molecule has 130 valence electrons. The number of ether oxygens (including phenoxy) is 1. The Morgan fingerprint density at radius 1 is 1.21 bits per heavy atom. The van der Waals surface area contributed by atoms with Crippen LogP contribution in [0, 0.1) is 6.92 Å². The average Bonchev–Trinajstić information content (AvgIpc) is 2.94. The fourth-order valence-corrected chi connectivity index (χ4v) is 3.95. The Kier molecular flexibility index (Phi) is 5.98. The van der Waals surface area contributed by atoms with Gasteiger partial charge in [0.1, 0.15) is 5.75 Å². The molecule has 8 heteroatoms. The number of hydrogen-bond acceptors (Lipinski definition) is 5. The van der Waals surface area contributed by atoms with Crippen LogP contribution in [0.4, 0.5) is 0 Å². The lowest BCUT2D eigenvalue weighted by Gasteiger charge is -2.08. The molecule has 0 atom stereocenters. The molecule has 1 aromatic carbocycles. The molecule has 0 saturated heterocycles. The number of hydrazine groups is 1. The van der Waals surface area contributed by atoms with E-state index in [4.69, 9.17) is 4.74 Å². The van der Waals surface area contributed by atoms with Gasteiger partial charge in [-0.15, -0.1) is 16.2 Å². The molecule has 0 spiro atoms. The van der Waals surface area contributed by atoms with E-state index in [1.165, 1.54) is 23.5 Å². The van der Waals surface area contributed by atoms with E-state index in [1.807, 2.05) is 20.8 Å². The van der Waals surface area contributed by atoms with Crippen molar-refractivity contribution in [3.05, 3.63) is 45.6 Å². The Balaban J connectivity index is 2.04. The predicted molar refractivity (Wildman–Crippen MR) is 93.8 cm³/mol. The minimum absolute atomic E-state index is 0.0443. The van der Waals surface area contributed by atoms with E-state index in [2.05, 4.69) is 10.3 Å². The van der Waals surface area contributed by atoms with Crippen LogP contribution in [0.25, 0.3) is 0 Å². The fourth-order valence-electron chi connectivity index (χ4n) is 2.10. The summed E-state index contributed by atoms with van der Waals surface area (Å²) in [4.78, 5) is 15.8. The minimum Gasteiger partial charge on any atom is -0.494 e. The molecule has 1 aromatic heterocycles. The van der Waals surface area contributed by atoms with Gasteiger partial charge in [-0.2, -0.15) is 0 Å². The van der Waals surface area contributed by atoms with E-state index in [0.29, 0.717) is 17.2 Å². The van der Waals surface area contributed by atoms with E-state index in [1.54, 1.807) is 18.2 Å². The van der Waals surface area contributed by atoms with Crippen molar-refractivity contribution in [3.8, 4) is 5.75 Å².